The van der Waals surface area contributed by atoms with E-state index in [2.05, 4.69) is 4.90 Å². The second-order valence-electron chi connectivity index (χ2n) is 5.26. The van der Waals surface area contributed by atoms with Crippen LogP contribution in [0.25, 0.3) is 0 Å². The summed E-state index contributed by atoms with van der Waals surface area (Å²) in [6, 6.07) is 0.479. The van der Waals surface area contributed by atoms with Crippen LogP contribution in [0, 0.1) is 0 Å². The molecule has 1 unspecified atom stereocenters. The van der Waals surface area contributed by atoms with Crippen molar-refractivity contribution >= 4 is 5.97 Å². The Bertz CT molecular complexity index is 233. The Balaban J connectivity index is 2.19. The van der Waals surface area contributed by atoms with Gasteiger partial charge in [-0.15, -0.1) is 0 Å². The van der Waals surface area contributed by atoms with Crippen molar-refractivity contribution in [2.45, 2.75) is 63.8 Å². The van der Waals surface area contributed by atoms with Gasteiger partial charge in [0, 0.05) is 19.1 Å². The van der Waals surface area contributed by atoms with E-state index in [0.717, 1.165) is 38.8 Å². The molecule has 1 heterocycles. The third-order valence-electron chi connectivity index (χ3n) is 3.79. The van der Waals surface area contributed by atoms with Gasteiger partial charge in [-0.2, -0.15) is 0 Å². The van der Waals surface area contributed by atoms with E-state index in [1.165, 1.54) is 25.7 Å². The van der Waals surface area contributed by atoms with Crippen molar-refractivity contribution < 1.29 is 15.0 Å². The van der Waals surface area contributed by atoms with Gasteiger partial charge in [-0.1, -0.05) is 19.3 Å². The van der Waals surface area contributed by atoms with Crippen molar-refractivity contribution in [2.24, 2.45) is 0 Å². The molecule has 0 amide bonds. The number of hydrogen-bond acceptors (Lipinski definition) is 3. The number of aliphatic hydroxyl groups is 1. The van der Waals surface area contributed by atoms with Crippen LogP contribution in [0.3, 0.4) is 0 Å². The third kappa shape index (κ3) is 6.36. The number of carboxylic acids is 1. The number of unbranched alkanes of at least 4 members (excludes halogenated alkanes) is 3. The maximum atomic E-state index is 10.6. The van der Waals surface area contributed by atoms with Crippen LogP contribution in [0.1, 0.15) is 57.8 Å². The van der Waals surface area contributed by atoms with Crippen LogP contribution in [0.2, 0.25) is 0 Å². The molecule has 0 aromatic heterocycles. The molecular weight excluding hydrogens is 230 g/mol. The SMILES string of the molecule is O=C(O)CCC1CCCCN1CCCCCCO. The minimum absolute atomic E-state index is 0.297. The lowest BCUT2D eigenvalue weighted by molar-refractivity contribution is -0.137. The van der Waals surface area contributed by atoms with E-state index in [1.807, 2.05) is 0 Å². The number of piperidine rings is 1. The molecule has 1 atom stereocenters. The minimum atomic E-state index is -0.677. The zero-order chi connectivity index (χ0) is 13.2. The second kappa shape index (κ2) is 9.34. The van der Waals surface area contributed by atoms with Crippen LogP contribution in [0.5, 0.6) is 0 Å². The molecule has 0 aliphatic carbocycles. The molecule has 2 N–H and O–H groups in total. The average Bonchev–Trinajstić information content (AvgIpc) is 2.37. The van der Waals surface area contributed by atoms with Gasteiger partial charge in [-0.3, -0.25) is 4.79 Å². The Morgan fingerprint density at radius 1 is 1.17 bits per heavy atom. The first-order valence-corrected chi connectivity index (χ1v) is 7.30. The number of carbonyl (C=O) groups is 1. The average molecular weight is 257 g/mol. The first kappa shape index (κ1) is 15.4. The molecule has 0 bridgehead atoms. The van der Waals surface area contributed by atoms with Gasteiger partial charge in [0.05, 0.1) is 0 Å². The van der Waals surface area contributed by atoms with Crippen molar-refractivity contribution in [1.29, 1.82) is 0 Å². The molecule has 1 aliphatic heterocycles. The van der Waals surface area contributed by atoms with E-state index >= 15 is 0 Å². The van der Waals surface area contributed by atoms with Crippen molar-refractivity contribution in [3.05, 3.63) is 0 Å². The van der Waals surface area contributed by atoms with E-state index < -0.39 is 5.97 Å². The third-order valence-corrected chi connectivity index (χ3v) is 3.79. The maximum Gasteiger partial charge on any atom is 0.303 e. The predicted molar refractivity (Wildman–Crippen MR) is 71.6 cm³/mol. The molecule has 1 rings (SSSR count). The van der Waals surface area contributed by atoms with E-state index in [4.69, 9.17) is 10.2 Å². The van der Waals surface area contributed by atoms with Crippen molar-refractivity contribution in [1.82, 2.24) is 4.90 Å². The molecule has 4 nitrogen and oxygen atoms in total. The van der Waals surface area contributed by atoms with Crippen LogP contribution in [0.4, 0.5) is 0 Å². The lowest BCUT2D eigenvalue weighted by Crippen LogP contribution is -2.40. The topological polar surface area (TPSA) is 60.8 Å². The summed E-state index contributed by atoms with van der Waals surface area (Å²) in [5.41, 5.74) is 0. The van der Waals surface area contributed by atoms with E-state index in [9.17, 15) is 4.79 Å². The summed E-state index contributed by atoms with van der Waals surface area (Å²) in [4.78, 5) is 13.1. The van der Waals surface area contributed by atoms with Gasteiger partial charge >= 0.3 is 5.97 Å². The Morgan fingerprint density at radius 3 is 2.67 bits per heavy atom. The summed E-state index contributed by atoms with van der Waals surface area (Å²) >= 11 is 0. The lowest BCUT2D eigenvalue weighted by Gasteiger charge is -2.35. The number of nitrogens with zero attached hydrogens (tertiary/aromatic N) is 1. The van der Waals surface area contributed by atoms with Crippen LogP contribution >= 0.6 is 0 Å². The summed E-state index contributed by atoms with van der Waals surface area (Å²) in [7, 11) is 0. The van der Waals surface area contributed by atoms with Crippen LogP contribution < -0.4 is 0 Å². The largest absolute Gasteiger partial charge is 0.481 e. The number of carboxylic acid groups (broad SMARTS) is 1. The number of hydrogen-bond donors (Lipinski definition) is 2. The number of aliphatic carboxylic acids is 1. The first-order valence-electron chi connectivity index (χ1n) is 7.30. The second-order valence-corrected chi connectivity index (χ2v) is 5.26. The van der Waals surface area contributed by atoms with E-state index in [-0.39, 0.29) is 0 Å². The fourth-order valence-electron chi connectivity index (χ4n) is 2.75. The Hall–Kier alpha value is -0.610. The molecule has 4 heteroatoms. The molecule has 0 radical (unpaired) electrons. The molecule has 18 heavy (non-hydrogen) atoms. The van der Waals surface area contributed by atoms with Crippen molar-refractivity contribution in [2.75, 3.05) is 19.7 Å². The Morgan fingerprint density at radius 2 is 1.94 bits per heavy atom. The van der Waals surface area contributed by atoms with Gasteiger partial charge in [-0.25, -0.2) is 0 Å². The van der Waals surface area contributed by atoms with E-state index in [0.29, 0.717) is 19.1 Å². The monoisotopic (exact) mass is 257 g/mol. The van der Waals surface area contributed by atoms with Gasteiger partial charge in [0.1, 0.15) is 0 Å². The molecule has 106 valence electrons. The first-order chi connectivity index (χ1) is 8.74. The normalized spacial score (nSPS) is 21.1. The highest BCUT2D eigenvalue weighted by Crippen LogP contribution is 2.21. The van der Waals surface area contributed by atoms with Crippen molar-refractivity contribution in [3.63, 3.8) is 0 Å². The fourth-order valence-corrected chi connectivity index (χ4v) is 2.75. The highest BCUT2D eigenvalue weighted by atomic mass is 16.4. The summed E-state index contributed by atoms with van der Waals surface area (Å²) < 4.78 is 0. The molecule has 0 saturated carbocycles. The molecule has 0 aromatic carbocycles. The smallest absolute Gasteiger partial charge is 0.303 e. The summed E-state index contributed by atoms with van der Waals surface area (Å²) in [5, 5.41) is 17.5. The maximum absolute atomic E-state index is 10.6. The molecular formula is C14H27NO3. The van der Waals surface area contributed by atoms with Gasteiger partial charge in [0.25, 0.3) is 0 Å². The van der Waals surface area contributed by atoms with Gasteiger partial charge in [-0.05, 0) is 45.2 Å². The summed E-state index contributed by atoms with van der Waals surface area (Å²) in [6.45, 7) is 2.52. The Labute approximate surface area is 110 Å². The van der Waals surface area contributed by atoms with E-state index in [1.54, 1.807) is 0 Å². The van der Waals surface area contributed by atoms with Crippen LogP contribution in [0.15, 0.2) is 0 Å². The van der Waals surface area contributed by atoms with Gasteiger partial charge in [0.15, 0.2) is 0 Å². The molecule has 0 spiro atoms. The number of rotatable bonds is 9. The summed E-state index contributed by atoms with van der Waals surface area (Å²) in [5.74, 6) is -0.677. The highest BCUT2D eigenvalue weighted by molar-refractivity contribution is 5.66. The molecule has 1 aliphatic rings. The van der Waals surface area contributed by atoms with Crippen molar-refractivity contribution in [3.8, 4) is 0 Å². The summed E-state index contributed by atoms with van der Waals surface area (Å²) in [6.07, 6.45) is 9.09. The molecule has 0 aromatic rings. The minimum Gasteiger partial charge on any atom is -0.481 e. The Kier molecular flexibility index (Phi) is 8.01. The number of aliphatic hydroxyl groups excluding tert-OH is 1. The fraction of sp³-hybridized carbons (Fsp3) is 0.929. The zero-order valence-electron chi connectivity index (χ0n) is 11.3. The van der Waals surface area contributed by atoms with Gasteiger partial charge in [0.2, 0.25) is 0 Å². The quantitative estimate of drug-likeness (QED) is 0.622. The zero-order valence-corrected chi connectivity index (χ0v) is 11.3. The number of likely N-dealkylation sites (tertiary alicyclic amines) is 1. The van der Waals surface area contributed by atoms with Gasteiger partial charge < -0.3 is 15.1 Å². The molecule has 1 fully saturated rings. The molecule has 1 saturated heterocycles. The van der Waals surface area contributed by atoms with Crippen LogP contribution in [-0.2, 0) is 4.79 Å². The predicted octanol–water partition coefficient (Wildman–Crippen LogP) is 2.26. The van der Waals surface area contributed by atoms with Crippen LogP contribution in [-0.4, -0.2) is 46.8 Å². The highest BCUT2D eigenvalue weighted by Gasteiger charge is 2.22. The lowest BCUT2D eigenvalue weighted by atomic mass is 9.97. The standard InChI is InChI=1S/C14H27NO3/c16-12-6-2-1-4-10-15-11-5-3-7-13(15)8-9-14(17)18/h13,16H,1-12H2,(H,17,18).